The topological polar surface area (TPSA) is 113 Å². The first kappa shape index (κ1) is 12.8. The Morgan fingerprint density at radius 1 is 1.35 bits per heavy atom. The van der Waals surface area contributed by atoms with E-state index in [-0.39, 0.29) is 19.8 Å². The van der Waals surface area contributed by atoms with Gasteiger partial charge in [0.2, 0.25) is 0 Å². The number of aliphatic carboxylic acids is 1. The van der Waals surface area contributed by atoms with E-state index in [1.54, 1.807) is 0 Å². The van der Waals surface area contributed by atoms with Gasteiger partial charge in [-0.25, -0.2) is 19.6 Å². The molecule has 8 heteroatoms. The number of carbonyl (C=O) groups is 2. The highest BCUT2D eigenvalue weighted by Gasteiger charge is 2.01. The molecule has 0 bridgehead atoms. The predicted octanol–water partition coefficient (Wildman–Crippen LogP) is -0.301. The second-order valence-electron chi connectivity index (χ2n) is 2.95. The lowest BCUT2D eigenvalue weighted by Crippen LogP contribution is -2.32. The summed E-state index contributed by atoms with van der Waals surface area (Å²) < 4.78 is 4.73. The lowest BCUT2D eigenvalue weighted by molar-refractivity contribution is -0.142. The number of urea groups is 1. The smallest absolute Gasteiger partial charge is 0.329 e. The number of nitrogens with zero attached hydrogens (tertiary/aromatic N) is 2. The Hall–Kier alpha value is -2.22. The molecule has 0 atom stereocenters. The van der Waals surface area contributed by atoms with Crippen molar-refractivity contribution >= 4 is 17.7 Å². The predicted molar refractivity (Wildman–Crippen MR) is 57.5 cm³/mol. The summed E-state index contributed by atoms with van der Waals surface area (Å²) >= 11 is 0. The van der Waals surface area contributed by atoms with Gasteiger partial charge in [-0.3, -0.25) is 0 Å². The van der Waals surface area contributed by atoms with Crippen molar-refractivity contribution in [3.63, 3.8) is 0 Å². The van der Waals surface area contributed by atoms with Crippen LogP contribution in [-0.4, -0.2) is 46.8 Å². The standard InChI is InChI=1S/C9H12N4O4/c14-8(15)5-17-2-1-12-9(16)13-7-3-10-6-11-4-7/h3-4,6H,1-2,5H2,(H,14,15)(H2,12,13,16). The summed E-state index contributed by atoms with van der Waals surface area (Å²) in [5.74, 6) is -1.05. The summed E-state index contributed by atoms with van der Waals surface area (Å²) in [6.45, 7) is -0.0341. The molecule has 0 saturated heterocycles. The van der Waals surface area contributed by atoms with Crippen LogP contribution < -0.4 is 10.6 Å². The van der Waals surface area contributed by atoms with Gasteiger partial charge in [-0.15, -0.1) is 0 Å². The monoisotopic (exact) mass is 240 g/mol. The SMILES string of the molecule is O=C(O)COCCNC(=O)Nc1cncnc1. The van der Waals surface area contributed by atoms with E-state index in [2.05, 4.69) is 20.6 Å². The number of ether oxygens (including phenoxy) is 1. The second-order valence-corrected chi connectivity index (χ2v) is 2.95. The molecule has 1 aromatic rings. The number of anilines is 1. The van der Waals surface area contributed by atoms with Gasteiger partial charge < -0.3 is 20.5 Å². The highest BCUT2D eigenvalue weighted by atomic mass is 16.5. The van der Waals surface area contributed by atoms with Crippen LogP contribution in [0.4, 0.5) is 10.5 Å². The van der Waals surface area contributed by atoms with Crippen LogP contribution in [0.3, 0.4) is 0 Å². The summed E-state index contributed by atoms with van der Waals surface area (Å²) in [5.41, 5.74) is 0.469. The quantitative estimate of drug-likeness (QED) is 0.588. The summed E-state index contributed by atoms with van der Waals surface area (Å²) in [4.78, 5) is 28.8. The van der Waals surface area contributed by atoms with Crippen LogP contribution in [-0.2, 0) is 9.53 Å². The van der Waals surface area contributed by atoms with Crippen LogP contribution in [0.25, 0.3) is 0 Å². The number of rotatable bonds is 6. The molecule has 1 aromatic heterocycles. The zero-order valence-corrected chi connectivity index (χ0v) is 8.92. The lowest BCUT2D eigenvalue weighted by Gasteiger charge is -2.06. The van der Waals surface area contributed by atoms with Crippen LogP contribution in [0.15, 0.2) is 18.7 Å². The van der Waals surface area contributed by atoms with Gasteiger partial charge in [0, 0.05) is 6.54 Å². The molecular formula is C9H12N4O4. The van der Waals surface area contributed by atoms with Crippen LogP contribution >= 0.6 is 0 Å². The van der Waals surface area contributed by atoms with E-state index < -0.39 is 12.0 Å². The van der Waals surface area contributed by atoms with Gasteiger partial charge in [0.05, 0.1) is 24.7 Å². The molecule has 8 nitrogen and oxygen atoms in total. The summed E-state index contributed by atoms with van der Waals surface area (Å²) in [6, 6.07) is -0.432. The maximum absolute atomic E-state index is 11.3. The Morgan fingerprint density at radius 2 is 2.06 bits per heavy atom. The van der Waals surface area contributed by atoms with E-state index in [1.807, 2.05) is 0 Å². The Balaban J connectivity index is 2.12. The summed E-state index contributed by atoms with van der Waals surface area (Å²) in [5, 5.41) is 13.3. The molecule has 1 heterocycles. The number of carboxylic acid groups (broad SMARTS) is 1. The van der Waals surface area contributed by atoms with Crippen molar-refractivity contribution in [3.05, 3.63) is 18.7 Å². The fourth-order valence-electron chi connectivity index (χ4n) is 0.935. The number of carboxylic acids is 1. The highest BCUT2D eigenvalue weighted by Crippen LogP contribution is 1.98. The zero-order chi connectivity index (χ0) is 12.5. The average Bonchev–Trinajstić information content (AvgIpc) is 2.29. The average molecular weight is 240 g/mol. The molecule has 0 radical (unpaired) electrons. The van der Waals surface area contributed by atoms with Gasteiger partial charge in [0.25, 0.3) is 0 Å². The first-order valence-corrected chi connectivity index (χ1v) is 4.78. The molecule has 0 aliphatic carbocycles. The number of hydrogen-bond donors (Lipinski definition) is 3. The highest BCUT2D eigenvalue weighted by molar-refractivity contribution is 5.88. The number of aromatic nitrogens is 2. The van der Waals surface area contributed by atoms with Crippen molar-refractivity contribution in [1.29, 1.82) is 0 Å². The van der Waals surface area contributed by atoms with Crippen LogP contribution in [0.2, 0.25) is 0 Å². The number of nitrogens with one attached hydrogen (secondary N) is 2. The van der Waals surface area contributed by atoms with Gasteiger partial charge in [0.1, 0.15) is 12.9 Å². The lowest BCUT2D eigenvalue weighted by atomic mass is 10.5. The molecule has 0 unspecified atom stereocenters. The second kappa shape index (κ2) is 7.12. The van der Waals surface area contributed by atoms with Crippen molar-refractivity contribution in [2.45, 2.75) is 0 Å². The first-order chi connectivity index (χ1) is 8.18. The molecule has 2 amide bonds. The Kier molecular flexibility index (Phi) is 5.38. The molecule has 0 saturated carbocycles. The minimum atomic E-state index is -1.05. The van der Waals surface area contributed by atoms with E-state index in [4.69, 9.17) is 9.84 Å². The van der Waals surface area contributed by atoms with Crippen LogP contribution in [0.1, 0.15) is 0 Å². The van der Waals surface area contributed by atoms with Crippen molar-refractivity contribution in [2.24, 2.45) is 0 Å². The normalized spacial score (nSPS) is 9.65. The van der Waals surface area contributed by atoms with Gasteiger partial charge in [-0.2, -0.15) is 0 Å². The molecule has 0 aromatic carbocycles. The molecular weight excluding hydrogens is 228 g/mol. The third kappa shape index (κ3) is 6.05. The fourth-order valence-corrected chi connectivity index (χ4v) is 0.935. The summed E-state index contributed by atoms with van der Waals surface area (Å²) in [6.07, 6.45) is 4.25. The van der Waals surface area contributed by atoms with E-state index in [0.29, 0.717) is 5.69 Å². The molecule has 3 N–H and O–H groups in total. The zero-order valence-electron chi connectivity index (χ0n) is 8.92. The van der Waals surface area contributed by atoms with Crippen molar-refractivity contribution in [2.75, 3.05) is 25.1 Å². The van der Waals surface area contributed by atoms with Crippen LogP contribution in [0, 0.1) is 0 Å². The van der Waals surface area contributed by atoms with E-state index in [0.717, 1.165) is 0 Å². The minimum absolute atomic E-state index is 0.130. The van der Waals surface area contributed by atoms with E-state index in [1.165, 1.54) is 18.7 Å². The maximum Gasteiger partial charge on any atom is 0.329 e. The maximum atomic E-state index is 11.3. The van der Waals surface area contributed by atoms with Crippen LogP contribution in [0.5, 0.6) is 0 Å². The molecule has 0 aliphatic rings. The fraction of sp³-hybridized carbons (Fsp3) is 0.333. The molecule has 0 aliphatic heterocycles. The Morgan fingerprint density at radius 3 is 2.71 bits per heavy atom. The van der Waals surface area contributed by atoms with Gasteiger partial charge in [0.15, 0.2) is 0 Å². The molecule has 0 spiro atoms. The molecule has 1 rings (SSSR count). The van der Waals surface area contributed by atoms with Crippen molar-refractivity contribution in [1.82, 2.24) is 15.3 Å². The van der Waals surface area contributed by atoms with E-state index >= 15 is 0 Å². The van der Waals surface area contributed by atoms with E-state index in [9.17, 15) is 9.59 Å². The minimum Gasteiger partial charge on any atom is -0.480 e. The molecule has 0 fully saturated rings. The van der Waals surface area contributed by atoms with Gasteiger partial charge >= 0.3 is 12.0 Å². The largest absolute Gasteiger partial charge is 0.480 e. The number of hydrogen-bond acceptors (Lipinski definition) is 5. The number of carbonyl (C=O) groups excluding carboxylic acids is 1. The molecule has 92 valence electrons. The third-order valence-corrected chi connectivity index (χ3v) is 1.58. The summed E-state index contributed by atoms with van der Waals surface area (Å²) in [7, 11) is 0. The first-order valence-electron chi connectivity index (χ1n) is 4.78. The third-order valence-electron chi connectivity index (χ3n) is 1.58. The van der Waals surface area contributed by atoms with Gasteiger partial charge in [-0.05, 0) is 0 Å². The van der Waals surface area contributed by atoms with Gasteiger partial charge in [-0.1, -0.05) is 0 Å². The Bertz CT molecular complexity index is 371. The van der Waals surface area contributed by atoms with Crippen molar-refractivity contribution in [3.8, 4) is 0 Å². The molecule has 17 heavy (non-hydrogen) atoms. The number of amides is 2. The Labute approximate surface area is 97.0 Å². The van der Waals surface area contributed by atoms with Crippen molar-refractivity contribution < 1.29 is 19.4 Å².